The van der Waals surface area contributed by atoms with Crippen molar-refractivity contribution in [1.82, 2.24) is 24.3 Å². The quantitative estimate of drug-likeness (QED) is 0.429. The molecule has 1 aliphatic heterocycles. The highest BCUT2D eigenvalue weighted by atomic mass is 16.3. The zero-order chi connectivity index (χ0) is 25.1. The third kappa shape index (κ3) is 5.43. The average molecular weight is 491 g/mol. The van der Waals surface area contributed by atoms with Crippen LogP contribution in [0.3, 0.4) is 0 Å². The maximum atomic E-state index is 10.1. The lowest BCUT2D eigenvalue weighted by atomic mass is 9.93. The number of benzene rings is 1. The van der Waals surface area contributed by atoms with Gasteiger partial charge in [0.1, 0.15) is 5.65 Å². The number of hydrogen-bond donors (Lipinski definition) is 2. The number of aliphatic hydroxyl groups is 1. The molecule has 3 aromatic rings. The second-order valence-corrected chi connectivity index (χ2v) is 10.8. The molecule has 1 atom stereocenters. The van der Waals surface area contributed by atoms with Crippen molar-refractivity contribution < 1.29 is 5.11 Å². The summed E-state index contributed by atoms with van der Waals surface area (Å²) < 4.78 is 2.35. The minimum atomic E-state index is -0.168. The van der Waals surface area contributed by atoms with Crippen LogP contribution in [0.2, 0.25) is 0 Å². The molecule has 0 amide bonds. The van der Waals surface area contributed by atoms with E-state index in [0.29, 0.717) is 18.0 Å². The van der Waals surface area contributed by atoms with Gasteiger partial charge >= 0.3 is 0 Å². The van der Waals surface area contributed by atoms with E-state index in [1.807, 2.05) is 6.20 Å². The molecule has 36 heavy (non-hydrogen) atoms. The van der Waals surface area contributed by atoms with Crippen molar-refractivity contribution in [3.63, 3.8) is 0 Å². The van der Waals surface area contributed by atoms with Gasteiger partial charge in [0.15, 0.2) is 0 Å². The van der Waals surface area contributed by atoms with Gasteiger partial charge in [0.05, 0.1) is 6.10 Å². The monoisotopic (exact) mass is 490 g/mol. The van der Waals surface area contributed by atoms with Crippen LogP contribution in [0, 0.1) is 0 Å². The molecule has 7 heteroatoms. The van der Waals surface area contributed by atoms with E-state index in [-0.39, 0.29) is 6.10 Å². The highest BCUT2D eigenvalue weighted by Gasteiger charge is 2.25. The van der Waals surface area contributed by atoms with Gasteiger partial charge in [-0.3, -0.25) is 4.90 Å². The fraction of sp³-hybridized carbons (Fsp3) is 0.586. The van der Waals surface area contributed by atoms with Crippen LogP contribution in [0.15, 0.2) is 36.7 Å². The number of nitrogens with one attached hydrogen (secondary N) is 1. The van der Waals surface area contributed by atoms with Crippen LogP contribution in [0.25, 0.3) is 22.2 Å². The lowest BCUT2D eigenvalue weighted by molar-refractivity contribution is 0.111. The zero-order valence-corrected chi connectivity index (χ0v) is 22.2. The van der Waals surface area contributed by atoms with Crippen LogP contribution < -0.4 is 5.32 Å². The number of aromatic nitrogens is 3. The van der Waals surface area contributed by atoms with Crippen LogP contribution in [0.4, 0.5) is 5.95 Å². The first-order chi connectivity index (χ1) is 17.5. The van der Waals surface area contributed by atoms with Gasteiger partial charge in [0.2, 0.25) is 5.95 Å². The molecular weight excluding hydrogens is 448 g/mol. The van der Waals surface area contributed by atoms with Crippen molar-refractivity contribution >= 4 is 17.0 Å². The molecule has 3 heterocycles. The Morgan fingerprint density at radius 2 is 1.78 bits per heavy atom. The first-order valence-corrected chi connectivity index (χ1v) is 13.9. The smallest absolute Gasteiger partial charge is 0.224 e. The lowest BCUT2D eigenvalue weighted by Crippen LogP contribution is -2.45. The number of piperazine rings is 1. The summed E-state index contributed by atoms with van der Waals surface area (Å²) in [4.78, 5) is 14.6. The molecule has 2 fully saturated rings. The predicted octanol–water partition coefficient (Wildman–Crippen LogP) is 5.09. The fourth-order valence-corrected chi connectivity index (χ4v) is 5.70. The van der Waals surface area contributed by atoms with Crippen LogP contribution in [-0.2, 0) is 0 Å². The van der Waals surface area contributed by atoms with Crippen molar-refractivity contribution in [1.29, 1.82) is 0 Å². The predicted molar refractivity (Wildman–Crippen MR) is 147 cm³/mol. The number of likely N-dealkylation sites (N-methyl/N-ethyl adjacent to an activating group) is 1. The van der Waals surface area contributed by atoms with Crippen molar-refractivity contribution in [2.75, 3.05) is 45.1 Å². The minimum Gasteiger partial charge on any atom is -0.393 e. The summed E-state index contributed by atoms with van der Waals surface area (Å²) in [5, 5.41) is 14.6. The van der Waals surface area contributed by atoms with Gasteiger partial charge in [-0.25, -0.2) is 4.98 Å². The molecule has 0 bridgehead atoms. The van der Waals surface area contributed by atoms with E-state index in [0.717, 1.165) is 82.3 Å². The summed E-state index contributed by atoms with van der Waals surface area (Å²) in [5.41, 5.74) is 4.76. The topological polar surface area (TPSA) is 69.5 Å². The molecule has 1 saturated carbocycles. The van der Waals surface area contributed by atoms with E-state index < -0.39 is 0 Å². The van der Waals surface area contributed by atoms with Crippen LogP contribution in [0.1, 0.15) is 70.0 Å². The fourth-order valence-electron chi connectivity index (χ4n) is 5.70. The first-order valence-electron chi connectivity index (χ1n) is 13.9. The Kier molecular flexibility index (Phi) is 7.89. The van der Waals surface area contributed by atoms with Gasteiger partial charge in [0.25, 0.3) is 0 Å². The molecule has 0 spiro atoms. The summed E-state index contributed by atoms with van der Waals surface area (Å²) in [6.07, 6.45) is 10.0. The van der Waals surface area contributed by atoms with Gasteiger partial charge in [-0.1, -0.05) is 37.6 Å². The van der Waals surface area contributed by atoms with Crippen molar-refractivity contribution in [3.05, 3.63) is 42.2 Å². The maximum absolute atomic E-state index is 10.1. The number of fused-ring (bicyclic) bond motifs is 1. The molecule has 2 aromatic heterocycles. The molecule has 7 nitrogen and oxygen atoms in total. The summed E-state index contributed by atoms with van der Waals surface area (Å²) >= 11 is 0. The Hall–Kier alpha value is -2.48. The molecule has 194 valence electrons. The largest absolute Gasteiger partial charge is 0.393 e. The second kappa shape index (κ2) is 11.3. The molecule has 2 aliphatic rings. The SMILES string of the molecule is CCCCNc1ncc2c(-c3ccc(C(C)N4CCN(C)CC4)cc3)cn(C3CCC(O)CC3)c2n1. The Balaban J connectivity index is 1.43. The van der Waals surface area contributed by atoms with Gasteiger partial charge in [-0.15, -0.1) is 0 Å². The molecule has 5 rings (SSSR count). The summed E-state index contributed by atoms with van der Waals surface area (Å²) in [7, 11) is 2.21. The van der Waals surface area contributed by atoms with Gasteiger partial charge in [0, 0.05) is 68.2 Å². The second-order valence-electron chi connectivity index (χ2n) is 10.8. The Morgan fingerprint density at radius 3 is 2.47 bits per heavy atom. The minimum absolute atomic E-state index is 0.168. The maximum Gasteiger partial charge on any atom is 0.224 e. The van der Waals surface area contributed by atoms with E-state index in [4.69, 9.17) is 4.98 Å². The standard InChI is InChI=1S/C29H42N6O/c1-4-5-14-30-29-31-19-26-27(20-35(28(26)32-29)24-10-12-25(36)13-11-24)23-8-6-22(7-9-23)21(2)34-17-15-33(3)16-18-34/h6-9,19-21,24-25,36H,4-5,10-18H2,1-3H3,(H,30,31,32). The summed E-state index contributed by atoms with van der Waals surface area (Å²) in [6.45, 7) is 9.91. The Morgan fingerprint density at radius 1 is 1.06 bits per heavy atom. The van der Waals surface area contributed by atoms with Crippen LogP contribution in [0.5, 0.6) is 0 Å². The third-order valence-corrected chi connectivity index (χ3v) is 8.23. The number of hydrogen-bond acceptors (Lipinski definition) is 6. The van der Waals surface area contributed by atoms with Crippen molar-refractivity contribution in [3.8, 4) is 11.1 Å². The Labute approximate surface area is 215 Å². The van der Waals surface area contributed by atoms with Crippen LogP contribution >= 0.6 is 0 Å². The molecule has 1 unspecified atom stereocenters. The zero-order valence-electron chi connectivity index (χ0n) is 22.2. The van der Waals surface area contributed by atoms with Gasteiger partial charge < -0.3 is 19.9 Å². The Bertz CT molecular complexity index is 1130. The number of nitrogens with zero attached hydrogens (tertiary/aromatic N) is 5. The van der Waals surface area contributed by atoms with E-state index in [1.165, 1.54) is 16.7 Å². The molecule has 1 aliphatic carbocycles. The van der Waals surface area contributed by atoms with Crippen LogP contribution in [-0.4, -0.2) is 75.3 Å². The number of rotatable bonds is 8. The number of aliphatic hydroxyl groups excluding tert-OH is 1. The lowest BCUT2D eigenvalue weighted by Gasteiger charge is -2.36. The van der Waals surface area contributed by atoms with E-state index in [2.05, 4.69) is 76.0 Å². The highest BCUT2D eigenvalue weighted by Crippen LogP contribution is 2.37. The average Bonchev–Trinajstić information content (AvgIpc) is 3.28. The molecular formula is C29H42N6O. The number of anilines is 1. The van der Waals surface area contributed by atoms with E-state index >= 15 is 0 Å². The molecule has 1 aromatic carbocycles. The van der Waals surface area contributed by atoms with Gasteiger partial charge in [-0.05, 0) is 57.2 Å². The van der Waals surface area contributed by atoms with Gasteiger partial charge in [-0.2, -0.15) is 4.98 Å². The van der Waals surface area contributed by atoms with Crippen molar-refractivity contribution in [2.45, 2.75) is 70.6 Å². The first kappa shape index (κ1) is 25.2. The summed E-state index contributed by atoms with van der Waals surface area (Å²) in [5.74, 6) is 0.703. The molecule has 0 radical (unpaired) electrons. The summed E-state index contributed by atoms with van der Waals surface area (Å²) in [6, 6.07) is 9.89. The molecule has 1 saturated heterocycles. The van der Waals surface area contributed by atoms with E-state index in [9.17, 15) is 5.11 Å². The third-order valence-electron chi connectivity index (χ3n) is 8.23. The van der Waals surface area contributed by atoms with Crippen molar-refractivity contribution in [2.24, 2.45) is 0 Å². The number of unbranched alkanes of at least 4 members (excludes halogenated alkanes) is 1. The molecule has 2 N–H and O–H groups in total. The van der Waals surface area contributed by atoms with E-state index in [1.54, 1.807) is 0 Å². The normalized spacial score (nSPS) is 22.7. The highest BCUT2D eigenvalue weighted by molar-refractivity contribution is 5.94.